The smallest absolute Gasteiger partial charge is 0.234 e. The Kier molecular flexibility index (Phi) is 7.15. The van der Waals surface area contributed by atoms with Crippen LogP contribution < -0.4 is 5.32 Å². The van der Waals surface area contributed by atoms with Crippen LogP contribution in [0.4, 0.5) is 5.69 Å². The molecule has 1 aromatic heterocycles. The van der Waals surface area contributed by atoms with Gasteiger partial charge in [0.05, 0.1) is 16.5 Å². The van der Waals surface area contributed by atoms with E-state index in [-0.39, 0.29) is 11.7 Å². The minimum Gasteiger partial charge on any atom is -0.324 e. The van der Waals surface area contributed by atoms with Gasteiger partial charge in [0.1, 0.15) is 5.82 Å². The number of anilines is 1. The third-order valence-corrected chi connectivity index (χ3v) is 6.21. The average Bonchev–Trinajstić information content (AvgIpc) is 3.18. The molecule has 32 heavy (non-hydrogen) atoms. The van der Waals surface area contributed by atoms with E-state index in [1.807, 2.05) is 54.0 Å². The lowest BCUT2D eigenvalue weighted by atomic mass is 10.1. The molecule has 1 heterocycles. The van der Waals surface area contributed by atoms with Gasteiger partial charge in [0.2, 0.25) is 5.91 Å². The molecule has 0 saturated carbocycles. The first-order valence-corrected chi connectivity index (χ1v) is 11.7. The van der Waals surface area contributed by atoms with Crippen molar-refractivity contribution in [3.63, 3.8) is 0 Å². The summed E-state index contributed by atoms with van der Waals surface area (Å²) in [5.74, 6) is 0.778. The van der Waals surface area contributed by atoms with Crippen LogP contribution in [0.25, 0.3) is 5.69 Å². The number of nitrogens with zero attached hydrogens (tertiary/aromatic N) is 3. The third-order valence-electron chi connectivity index (χ3n) is 4.74. The molecule has 0 spiro atoms. The lowest BCUT2D eigenvalue weighted by Gasteiger charge is -2.11. The van der Waals surface area contributed by atoms with Crippen LogP contribution in [-0.2, 0) is 11.2 Å². The molecule has 0 radical (unpaired) electrons. The van der Waals surface area contributed by atoms with E-state index in [4.69, 9.17) is 23.2 Å². The molecule has 8 heteroatoms. The Labute approximate surface area is 200 Å². The fraction of sp³-hybridized carbons (Fsp3) is 0.125. The summed E-state index contributed by atoms with van der Waals surface area (Å²) in [6, 6.07) is 23.2. The Morgan fingerprint density at radius 1 is 1.00 bits per heavy atom. The van der Waals surface area contributed by atoms with Crippen molar-refractivity contribution in [3.05, 3.63) is 99.8 Å². The van der Waals surface area contributed by atoms with Crippen LogP contribution in [0.15, 0.2) is 78.0 Å². The first kappa shape index (κ1) is 22.4. The highest BCUT2D eigenvalue weighted by atomic mass is 35.5. The molecule has 1 N–H and O–H groups in total. The molecule has 5 nitrogen and oxygen atoms in total. The van der Waals surface area contributed by atoms with Crippen LogP contribution in [-0.4, -0.2) is 26.4 Å². The van der Waals surface area contributed by atoms with Gasteiger partial charge in [0.25, 0.3) is 0 Å². The van der Waals surface area contributed by atoms with Gasteiger partial charge in [-0.05, 0) is 42.8 Å². The van der Waals surface area contributed by atoms with Crippen LogP contribution in [0.2, 0.25) is 10.0 Å². The molecule has 0 aliphatic carbocycles. The van der Waals surface area contributed by atoms with Crippen molar-refractivity contribution in [1.29, 1.82) is 0 Å². The van der Waals surface area contributed by atoms with E-state index >= 15 is 0 Å². The molecule has 0 aliphatic rings. The SMILES string of the molecule is Cc1ccc(-n2c(Cc3ccccc3)nnc2SCC(=O)Nc2ccc(Cl)cc2Cl)cc1. The van der Waals surface area contributed by atoms with E-state index in [1.165, 1.54) is 17.3 Å². The number of benzene rings is 3. The summed E-state index contributed by atoms with van der Waals surface area (Å²) in [6.45, 7) is 2.04. The normalized spacial score (nSPS) is 10.8. The van der Waals surface area contributed by atoms with Gasteiger partial charge in [-0.3, -0.25) is 9.36 Å². The Bertz CT molecular complexity index is 1230. The fourth-order valence-corrected chi connectivity index (χ4v) is 4.37. The maximum atomic E-state index is 12.5. The van der Waals surface area contributed by atoms with Gasteiger partial charge in [-0.1, -0.05) is 83.0 Å². The monoisotopic (exact) mass is 482 g/mol. The Morgan fingerprint density at radius 2 is 1.75 bits per heavy atom. The van der Waals surface area contributed by atoms with E-state index in [0.717, 1.165) is 17.1 Å². The van der Waals surface area contributed by atoms with Crippen LogP contribution >= 0.6 is 35.0 Å². The number of carbonyl (C=O) groups is 1. The fourth-order valence-electron chi connectivity index (χ4n) is 3.15. The predicted molar refractivity (Wildman–Crippen MR) is 131 cm³/mol. The van der Waals surface area contributed by atoms with Crippen LogP contribution in [0, 0.1) is 6.92 Å². The Hall–Kier alpha value is -2.80. The number of hydrogen-bond acceptors (Lipinski definition) is 4. The van der Waals surface area contributed by atoms with E-state index in [2.05, 4.69) is 27.6 Å². The minimum atomic E-state index is -0.192. The zero-order chi connectivity index (χ0) is 22.5. The van der Waals surface area contributed by atoms with Crippen molar-refractivity contribution in [3.8, 4) is 5.69 Å². The van der Waals surface area contributed by atoms with Crippen molar-refractivity contribution >= 4 is 46.6 Å². The quantitative estimate of drug-likeness (QED) is 0.318. The molecule has 4 aromatic rings. The van der Waals surface area contributed by atoms with Crippen LogP contribution in [0.3, 0.4) is 0 Å². The number of nitrogens with one attached hydrogen (secondary N) is 1. The largest absolute Gasteiger partial charge is 0.324 e. The molecule has 0 bridgehead atoms. The summed E-state index contributed by atoms with van der Waals surface area (Å²) in [5.41, 5.74) is 3.78. The van der Waals surface area contributed by atoms with Gasteiger partial charge in [-0.2, -0.15) is 0 Å². The summed E-state index contributed by atoms with van der Waals surface area (Å²) >= 11 is 13.4. The second-order valence-corrected chi connectivity index (χ2v) is 8.98. The number of amides is 1. The first-order chi connectivity index (χ1) is 15.5. The summed E-state index contributed by atoms with van der Waals surface area (Å²) in [7, 11) is 0. The lowest BCUT2D eigenvalue weighted by molar-refractivity contribution is -0.113. The van der Waals surface area contributed by atoms with Crippen molar-refractivity contribution < 1.29 is 4.79 Å². The molecule has 0 fully saturated rings. The second-order valence-electron chi connectivity index (χ2n) is 7.19. The highest BCUT2D eigenvalue weighted by molar-refractivity contribution is 7.99. The molecule has 162 valence electrons. The summed E-state index contributed by atoms with van der Waals surface area (Å²) in [6.07, 6.45) is 0.634. The number of carbonyl (C=O) groups excluding carboxylic acids is 1. The van der Waals surface area contributed by atoms with Gasteiger partial charge in [0, 0.05) is 17.1 Å². The number of halogens is 2. The topological polar surface area (TPSA) is 59.8 Å². The van der Waals surface area contributed by atoms with Crippen molar-refractivity contribution in [1.82, 2.24) is 14.8 Å². The van der Waals surface area contributed by atoms with Gasteiger partial charge >= 0.3 is 0 Å². The molecule has 0 atom stereocenters. The van der Waals surface area contributed by atoms with Gasteiger partial charge < -0.3 is 5.32 Å². The number of aryl methyl sites for hydroxylation is 1. The van der Waals surface area contributed by atoms with Crippen molar-refractivity contribution in [2.75, 3.05) is 11.1 Å². The third kappa shape index (κ3) is 5.51. The highest BCUT2D eigenvalue weighted by Gasteiger charge is 2.17. The number of rotatable bonds is 7. The minimum absolute atomic E-state index is 0.161. The molecule has 1 amide bonds. The summed E-state index contributed by atoms with van der Waals surface area (Å²) < 4.78 is 2.00. The van der Waals surface area contributed by atoms with Crippen molar-refractivity contribution in [2.45, 2.75) is 18.5 Å². The molecular formula is C24H20Cl2N4OS. The molecule has 0 saturated heterocycles. The summed E-state index contributed by atoms with van der Waals surface area (Å²) in [4.78, 5) is 12.5. The maximum absolute atomic E-state index is 12.5. The van der Waals surface area contributed by atoms with Crippen molar-refractivity contribution in [2.24, 2.45) is 0 Å². The molecule has 0 aliphatic heterocycles. The van der Waals surface area contributed by atoms with E-state index in [9.17, 15) is 4.79 Å². The molecule has 4 rings (SSSR count). The number of thioether (sulfide) groups is 1. The standard InChI is InChI=1S/C24H20Cl2N4OS/c1-16-7-10-19(11-8-16)30-22(13-17-5-3-2-4-6-17)28-29-24(30)32-15-23(31)27-21-12-9-18(25)14-20(21)26/h2-12,14H,13,15H2,1H3,(H,27,31). The Morgan fingerprint density at radius 3 is 2.47 bits per heavy atom. The highest BCUT2D eigenvalue weighted by Crippen LogP contribution is 2.27. The summed E-state index contributed by atoms with van der Waals surface area (Å²) in [5, 5.41) is 13.2. The average molecular weight is 483 g/mol. The first-order valence-electron chi connectivity index (χ1n) is 9.92. The molecular weight excluding hydrogens is 463 g/mol. The van der Waals surface area contributed by atoms with Crippen LogP contribution in [0.1, 0.15) is 17.0 Å². The van der Waals surface area contributed by atoms with Gasteiger partial charge in [0.15, 0.2) is 5.16 Å². The number of aromatic nitrogens is 3. The van der Waals surface area contributed by atoms with E-state index in [0.29, 0.717) is 27.3 Å². The second kappa shape index (κ2) is 10.2. The zero-order valence-electron chi connectivity index (χ0n) is 17.3. The van der Waals surface area contributed by atoms with Gasteiger partial charge in [-0.15, -0.1) is 10.2 Å². The zero-order valence-corrected chi connectivity index (χ0v) is 19.6. The predicted octanol–water partition coefficient (Wildman–Crippen LogP) is 6.20. The van der Waals surface area contributed by atoms with E-state index in [1.54, 1.807) is 18.2 Å². The number of hydrogen-bond donors (Lipinski definition) is 1. The Balaban J connectivity index is 1.55. The van der Waals surface area contributed by atoms with E-state index < -0.39 is 0 Å². The maximum Gasteiger partial charge on any atom is 0.234 e. The lowest BCUT2D eigenvalue weighted by Crippen LogP contribution is -2.15. The molecule has 3 aromatic carbocycles. The van der Waals surface area contributed by atoms with Crippen LogP contribution in [0.5, 0.6) is 0 Å². The molecule has 0 unspecified atom stereocenters. The van der Waals surface area contributed by atoms with Gasteiger partial charge in [-0.25, -0.2) is 0 Å².